The fourth-order valence-electron chi connectivity index (χ4n) is 1.42. The highest BCUT2D eigenvalue weighted by Gasteiger charge is 1.94. The minimum Gasteiger partial charge on any atom is -0.261 e. The summed E-state index contributed by atoms with van der Waals surface area (Å²) in [7, 11) is 0. The molecule has 0 aliphatic heterocycles. The standard InChI is InChI=1S/C12H18ClN/c1-11-7-8-12(10-14-11)6-4-2-3-5-9-13/h7-8,10H,2-6,9H2,1H3. The largest absolute Gasteiger partial charge is 0.261 e. The topological polar surface area (TPSA) is 12.9 Å². The monoisotopic (exact) mass is 211 g/mol. The summed E-state index contributed by atoms with van der Waals surface area (Å²) in [6.07, 6.45) is 8.06. The summed E-state index contributed by atoms with van der Waals surface area (Å²) >= 11 is 5.60. The van der Waals surface area contributed by atoms with Crippen molar-refractivity contribution >= 4 is 11.6 Å². The minimum atomic E-state index is 0.798. The van der Waals surface area contributed by atoms with Crippen LogP contribution in [0.1, 0.15) is 36.9 Å². The van der Waals surface area contributed by atoms with Crippen LogP contribution in [0.3, 0.4) is 0 Å². The van der Waals surface area contributed by atoms with Crippen molar-refractivity contribution in [2.75, 3.05) is 5.88 Å². The van der Waals surface area contributed by atoms with Gasteiger partial charge in [0.2, 0.25) is 0 Å². The molecule has 0 bridgehead atoms. The van der Waals surface area contributed by atoms with E-state index in [0.717, 1.165) is 24.4 Å². The van der Waals surface area contributed by atoms with Gasteiger partial charge in [-0.15, -0.1) is 11.6 Å². The smallest absolute Gasteiger partial charge is 0.0372 e. The minimum absolute atomic E-state index is 0.798. The van der Waals surface area contributed by atoms with E-state index in [1.54, 1.807) is 0 Å². The van der Waals surface area contributed by atoms with Crippen molar-refractivity contribution in [1.82, 2.24) is 4.98 Å². The highest BCUT2D eigenvalue weighted by atomic mass is 35.5. The molecule has 0 fully saturated rings. The second-order valence-electron chi connectivity index (χ2n) is 3.66. The van der Waals surface area contributed by atoms with Gasteiger partial charge in [0.05, 0.1) is 0 Å². The van der Waals surface area contributed by atoms with Gasteiger partial charge < -0.3 is 0 Å². The highest BCUT2D eigenvalue weighted by Crippen LogP contribution is 2.07. The lowest BCUT2D eigenvalue weighted by molar-refractivity contribution is 0.668. The first kappa shape index (κ1) is 11.5. The van der Waals surface area contributed by atoms with Gasteiger partial charge >= 0.3 is 0 Å². The Bertz CT molecular complexity index is 243. The van der Waals surface area contributed by atoms with Crippen LogP contribution in [0.4, 0.5) is 0 Å². The van der Waals surface area contributed by atoms with E-state index in [4.69, 9.17) is 11.6 Å². The van der Waals surface area contributed by atoms with Gasteiger partial charge in [-0.25, -0.2) is 0 Å². The summed E-state index contributed by atoms with van der Waals surface area (Å²) in [5.74, 6) is 0.798. The summed E-state index contributed by atoms with van der Waals surface area (Å²) in [5, 5.41) is 0. The Hall–Kier alpha value is -0.560. The van der Waals surface area contributed by atoms with Gasteiger partial charge in [0.25, 0.3) is 0 Å². The summed E-state index contributed by atoms with van der Waals surface area (Å²) < 4.78 is 0. The molecule has 1 nitrogen and oxygen atoms in total. The molecule has 0 amide bonds. The second-order valence-corrected chi connectivity index (χ2v) is 4.04. The first-order valence-electron chi connectivity index (χ1n) is 5.30. The first-order chi connectivity index (χ1) is 6.83. The molecule has 0 aromatic carbocycles. The van der Waals surface area contributed by atoms with Crippen LogP contribution in [0.2, 0.25) is 0 Å². The van der Waals surface area contributed by atoms with Crippen LogP contribution in [-0.2, 0) is 6.42 Å². The van der Waals surface area contributed by atoms with E-state index in [1.807, 2.05) is 13.1 Å². The van der Waals surface area contributed by atoms with E-state index in [1.165, 1.54) is 24.8 Å². The van der Waals surface area contributed by atoms with E-state index < -0.39 is 0 Å². The Kier molecular flexibility index (Phi) is 5.62. The van der Waals surface area contributed by atoms with Crippen molar-refractivity contribution in [1.29, 1.82) is 0 Å². The van der Waals surface area contributed by atoms with Crippen molar-refractivity contribution in [2.45, 2.75) is 39.0 Å². The molecule has 1 rings (SSSR count). The van der Waals surface area contributed by atoms with Crippen LogP contribution in [-0.4, -0.2) is 10.9 Å². The van der Waals surface area contributed by atoms with Crippen LogP contribution in [0.15, 0.2) is 18.3 Å². The predicted molar refractivity (Wildman–Crippen MR) is 61.9 cm³/mol. The van der Waals surface area contributed by atoms with E-state index in [2.05, 4.69) is 17.1 Å². The third-order valence-electron chi connectivity index (χ3n) is 2.32. The second kappa shape index (κ2) is 6.83. The molecule has 0 saturated heterocycles. The van der Waals surface area contributed by atoms with Crippen molar-refractivity contribution in [3.8, 4) is 0 Å². The lowest BCUT2D eigenvalue weighted by Crippen LogP contribution is -1.89. The van der Waals surface area contributed by atoms with Gasteiger partial charge in [-0.05, 0) is 37.8 Å². The van der Waals surface area contributed by atoms with Crippen LogP contribution in [0.5, 0.6) is 0 Å². The van der Waals surface area contributed by atoms with Crippen LogP contribution in [0, 0.1) is 6.92 Å². The van der Waals surface area contributed by atoms with Gasteiger partial charge in [0.15, 0.2) is 0 Å². The van der Waals surface area contributed by atoms with Gasteiger partial charge in [0.1, 0.15) is 0 Å². The molecule has 0 spiro atoms. The average Bonchev–Trinajstić information content (AvgIpc) is 2.21. The molecule has 1 aromatic heterocycles. The zero-order chi connectivity index (χ0) is 10.2. The molecule has 0 aliphatic rings. The molecule has 0 saturated carbocycles. The van der Waals surface area contributed by atoms with Crippen LogP contribution >= 0.6 is 11.6 Å². The highest BCUT2D eigenvalue weighted by molar-refractivity contribution is 6.17. The van der Waals surface area contributed by atoms with Crippen molar-refractivity contribution in [3.05, 3.63) is 29.6 Å². The van der Waals surface area contributed by atoms with E-state index >= 15 is 0 Å². The molecule has 1 heterocycles. The van der Waals surface area contributed by atoms with E-state index in [0.29, 0.717) is 0 Å². The molecule has 0 atom stereocenters. The molecule has 2 heteroatoms. The summed E-state index contributed by atoms with van der Waals surface area (Å²) in [4.78, 5) is 4.27. The fourth-order valence-corrected chi connectivity index (χ4v) is 1.61. The van der Waals surface area contributed by atoms with Crippen molar-refractivity contribution in [3.63, 3.8) is 0 Å². The van der Waals surface area contributed by atoms with Gasteiger partial charge in [-0.3, -0.25) is 4.98 Å². The quantitative estimate of drug-likeness (QED) is 0.516. The normalized spacial score (nSPS) is 10.4. The Morgan fingerprint density at radius 1 is 1.14 bits per heavy atom. The maximum atomic E-state index is 5.60. The Morgan fingerprint density at radius 2 is 1.93 bits per heavy atom. The number of alkyl halides is 1. The lowest BCUT2D eigenvalue weighted by Gasteiger charge is -2.01. The number of hydrogen-bond acceptors (Lipinski definition) is 1. The van der Waals surface area contributed by atoms with Gasteiger partial charge in [-0.1, -0.05) is 18.9 Å². The number of pyridine rings is 1. The van der Waals surface area contributed by atoms with Crippen molar-refractivity contribution in [2.24, 2.45) is 0 Å². The Morgan fingerprint density at radius 3 is 2.57 bits per heavy atom. The summed E-state index contributed by atoms with van der Waals surface area (Å²) in [5.41, 5.74) is 2.44. The van der Waals surface area contributed by atoms with Crippen LogP contribution in [0.25, 0.3) is 0 Å². The van der Waals surface area contributed by atoms with E-state index in [-0.39, 0.29) is 0 Å². The summed E-state index contributed by atoms with van der Waals surface area (Å²) in [6.45, 7) is 2.02. The summed E-state index contributed by atoms with van der Waals surface area (Å²) in [6, 6.07) is 4.25. The maximum Gasteiger partial charge on any atom is 0.0372 e. The molecule has 0 N–H and O–H groups in total. The zero-order valence-corrected chi connectivity index (χ0v) is 9.56. The fraction of sp³-hybridized carbons (Fsp3) is 0.583. The Labute approximate surface area is 91.5 Å². The molecule has 0 aliphatic carbocycles. The third-order valence-corrected chi connectivity index (χ3v) is 2.59. The number of nitrogens with zero attached hydrogens (tertiary/aromatic N) is 1. The van der Waals surface area contributed by atoms with Crippen molar-refractivity contribution < 1.29 is 0 Å². The number of aryl methyl sites for hydroxylation is 2. The molecule has 1 aromatic rings. The zero-order valence-electron chi connectivity index (χ0n) is 8.80. The Balaban J connectivity index is 2.15. The lowest BCUT2D eigenvalue weighted by atomic mass is 10.1. The molecule has 14 heavy (non-hydrogen) atoms. The van der Waals surface area contributed by atoms with E-state index in [9.17, 15) is 0 Å². The SMILES string of the molecule is Cc1ccc(CCCCCCCl)cn1. The molecular formula is C12H18ClN. The average molecular weight is 212 g/mol. The van der Waals surface area contributed by atoms with Crippen LogP contribution < -0.4 is 0 Å². The number of halogens is 1. The molecule has 0 radical (unpaired) electrons. The van der Waals surface area contributed by atoms with Gasteiger partial charge in [-0.2, -0.15) is 0 Å². The number of hydrogen-bond donors (Lipinski definition) is 0. The third kappa shape index (κ3) is 4.61. The number of aromatic nitrogens is 1. The molecular weight excluding hydrogens is 194 g/mol. The number of rotatable bonds is 6. The molecule has 0 unspecified atom stereocenters. The van der Waals surface area contributed by atoms with Gasteiger partial charge in [0, 0.05) is 17.8 Å². The first-order valence-corrected chi connectivity index (χ1v) is 5.84. The predicted octanol–water partition coefficient (Wildman–Crippen LogP) is 3.73. The number of unbranched alkanes of at least 4 members (excludes halogenated alkanes) is 3. The molecule has 78 valence electrons. The maximum absolute atomic E-state index is 5.60.